The smallest absolute Gasteiger partial charge is 0.274 e. The maximum absolute atomic E-state index is 12.8. The van der Waals surface area contributed by atoms with E-state index in [1.54, 1.807) is 17.0 Å². The van der Waals surface area contributed by atoms with Gasteiger partial charge in [0.15, 0.2) is 0 Å². The quantitative estimate of drug-likeness (QED) is 0.601. The molecule has 3 aromatic rings. The number of aryl methyl sites for hydroxylation is 1. The van der Waals surface area contributed by atoms with Gasteiger partial charge in [0.2, 0.25) is 0 Å². The van der Waals surface area contributed by atoms with Crippen LogP contribution in [0.25, 0.3) is 0 Å². The van der Waals surface area contributed by atoms with E-state index in [-0.39, 0.29) is 5.91 Å². The molecule has 0 unspecified atom stereocenters. The third kappa shape index (κ3) is 3.90. The molecule has 1 fully saturated rings. The zero-order valence-corrected chi connectivity index (χ0v) is 17.6. The minimum atomic E-state index is -0.0223. The van der Waals surface area contributed by atoms with E-state index in [1.807, 2.05) is 41.8 Å². The molecule has 1 amide bonds. The van der Waals surface area contributed by atoms with Crippen LogP contribution in [0.3, 0.4) is 0 Å². The minimum absolute atomic E-state index is 0.0223. The summed E-state index contributed by atoms with van der Waals surface area (Å²) in [6, 6.07) is 5.65. The third-order valence-electron chi connectivity index (χ3n) is 5.05. The predicted molar refractivity (Wildman–Crippen MR) is 107 cm³/mol. The average molecular weight is 447 g/mol. The molecule has 1 aliphatic rings. The first-order valence-electron chi connectivity index (χ1n) is 9.28. The van der Waals surface area contributed by atoms with Crippen molar-refractivity contribution in [1.29, 1.82) is 0 Å². The number of furan rings is 1. The van der Waals surface area contributed by atoms with Crippen molar-refractivity contribution in [3.8, 4) is 0 Å². The first kappa shape index (κ1) is 18.9. The van der Waals surface area contributed by atoms with Crippen LogP contribution in [-0.2, 0) is 13.2 Å². The van der Waals surface area contributed by atoms with Gasteiger partial charge in [0, 0.05) is 32.4 Å². The van der Waals surface area contributed by atoms with Crippen LogP contribution in [0.4, 0.5) is 0 Å². The Hall–Kier alpha value is -2.39. The standard InChI is InChI=1S/C19H23BrN6O2/c1-14-18(20)15(2)26(21-14)13-25-6-5-17(22-25)19(27)24-9-7-23(8-10-24)12-16-4-3-11-28-16/h3-6,11H,7-10,12-13H2,1-2H3. The van der Waals surface area contributed by atoms with Crippen molar-refractivity contribution in [1.82, 2.24) is 29.4 Å². The van der Waals surface area contributed by atoms with Gasteiger partial charge < -0.3 is 9.32 Å². The van der Waals surface area contributed by atoms with Gasteiger partial charge in [-0.25, -0.2) is 4.68 Å². The summed E-state index contributed by atoms with van der Waals surface area (Å²) in [6.07, 6.45) is 3.51. The second-order valence-corrected chi connectivity index (χ2v) is 7.81. The van der Waals surface area contributed by atoms with Crippen molar-refractivity contribution in [2.45, 2.75) is 27.1 Å². The van der Waals surface area contributed by atoms with E-state index in [1.165, 1.54) is 0 Å². The van der Waals surface area contributed by atoms with E-state index < -0.39 is 0 Å². The van der Waals surface area contributed by atoms with E-state index in [9.17, 15) is 4.79 Å². The van der Waals surface area contributed by atoms with Gasteiger partial charge in [-0.15, -0.1) is 0 Å². The number of hydrogen-bond acceptors (Lipinski definition) is 5. The summed E-state index contributed by atoms with van der Waals surface area (Å²) in [5.41, 5.74) is 2.45. The zero-order chi connectivity index (χ0) is 19.7. The zero-order valence-electron chi connectivity index (χ0n) is 16.0. The average Bonchev–Trinajstić information content (AvgIpc) is 3.42. The predicted octanol–water partition coefficient (Wildman–Crippen LogP) is 2.52. The topological polar surface area (TPSA) is 72.3 Å². The highest BCUT2D eigenvalue weighted by Crippen LogP contribution is 2.19. The molecule has 4 rings (SSSR count). The normalized spacial score (nSPS) is 15.3. The number of aromatic nitrogens is 4. The highest BCUT2D eigenvalue weighted by Gasteiger charge is 2.24. The summed E-state index contributed by atoms with van der Waals surface area (Å²) in [7, 11) is 0. The molecular weight excluding hydrogens is 424 g/mol. The van der Waals surface area contributed by atoms with Crippen LogP contribution in [0.1, 0.15) is 27.6 Å². The summed E-state index contributed by atoms with van der Waals surface area (Å²) >= 11 is 3.53. The van der Waals surface area contributed by atoms with E-state index in [0.717, 1.165) is 41.3 Å². The maximum atomic E-state index is 12.8. The van der Waals surface area contributed by atoms with Crippen molar-refractivity contribution in [3.05, 3.63) is 58.0 Å². The third-order valence-corrected chi connectivity index (χ3v) is 6.20. The van der Waals surface area contributed by atoms with Gasteiger partial charge in [0.1, 0.15) is 18.1 Å². The number of carbonyl (C=O) groups excluding carboxylic acids is 1. The van der Waals surface area contributed by atoms with E-state index in [4.69, 9.17) is 4.42 Å². The SMILES string of the molecule is Cc1nn(Cn2ccc(C(=O)N3CCN(Cc4ccco4)CC3)n2)c(C)c1Br. The minimum Gasteiger partial charge on any atom is -0.468 e. The van der Waals surface area contributed by atoms with Crippen LogP contribution in [-0.4, -0.2) is 61.4 Å². The largest absolute Gasteiger partial charge is 0.468 e. The summed E-state index contributed by atoms with van der Waals surface area (Å²) in [6.45, 7) is 8.25. The molecule has 0 N–H and O–H groups in total. The molecule has 0 aliphatic carbocycles. The number of hydrogen-bond donors (Lipinski definition) is 0. The Morgan fingerprint density at radius 1 is 1.18 bits per heavy atom. The van der Waals surface area contributed by atoms with Crippen LogP contribution in [0.5, 0.6) is 0 Å². The molecule has 0 radical (unpaired) electrons. The Morgan fingerprint density at radius 2 is 1.96 bits per heavy atom. The molecule has 0 saturated carbocycles. The molecule has 0 aromatic carbocycles. The summed E-state index contributed by atoms with van der Waals surface area (Å²) in [5.74, 6) is 0.931. The van der Waals surface area contributed by atoms with Crippen LogP contribution in [0.15, 0.2) is 39.5 Å². The summed E-state index contributed by atoms with van der Waals surface area (Å²) < 4.78 is 10.0. The molecule has 1 saturated heterocycles. The lowest BCUT2D eigenvalue weighted by atomic mass is 10.2. The monoisotopic (exact) mass is 446 g/mol. The van der Waals surface area contributed by atoms with Gasteiger partial charge >= 0.3 is 0 Å². The number of piperazine rings is 1. The number of carbonyl (C=O) groups is 1. The van der Waals surface area contributed by atoms with Crippen LogP contribution in [0, 0.1) is 13.8 Å². The molecule has 1 aliphatic heterocycles. The fourth-order valence-electron chi connectivity index (χ4n) is 3.40. The molecule has 0 bridgehead atoms. The summed E-state index contributed by atoms with van der Waals surface area (Å²) in [5, 5.41) is 8.95. The van der Waals surface area contributed by atoms with Gasteiger partial charge in [-0.1, -0.05) is 0 Å². The Bertz CT molecular complexity index is 953. The van der Waals surface area contributed by atoms with Crippen molar-refractivity contribution in [2.75, 3.05) is 26.2 Å². The second-order valence-electron chi connectivity index (χ2n) is 7.01. The first-order chi connectivity index (χ1) is 13.5. The molecule has 8 nitrogen and oxygen atoms in total. The van der Waals surface area contributed by atoms with Gasteiger partial charge in [0.05, 0.1) is 28.7 Å². The van der Waals surface area contributed by atoms with Crippen molar-refractivity contribution in [2.24, 2.45) is 0 Å². The highest BCUT2D eigenvalue weighted by atomic mass is 79.9. The lowest BCUT2D eigenvalue weighted by Crippen LogP contribution is -2.48. The van der Waals surface area contributed by atoms with Crippen LogP contribution in [0.2, 0.25) is 0 Å². The Balaban J connectivity index is 1.35. The lowest BCUT2D eigenvalue weighted by Gasteiger charge is -2.33. The highest BCUT2D eigenvalue weighted by molar-refractivity contribution is 9.10. The Kier molecular flexibility index (Phi) is 5.36. The van der Waals surface area contributed by atoms with E-state index in [2.05, 4.69) is 31.0 Å². The fraction of sp³-hybridized carbons (Fsp3) is 0.421. The van der Waals surface area contributed by atoms with Crippen LogP contribution >= 0.6 is 15.9 Å². The lowest BCUT2D eigenvalue weighted by molar-refractivity contribution is 0.0613. The molecule has 148 valence electrons. The number of nitrogens with zero attached hydrogens (tertiary/aromatic N) is 6. The Morgan fingerprint density at radius 3 is 2.61 bits per heavy atom. The van der Waals surface area contributed by atoms with Gasteiger partial charge in [0.25, 0.3) is 5.91 Å². The molecule has 3 aromatic heterocycles. The molecule has 0 spiro atoms. The van der Waals surface area contributed by atoms with Crippen molar-refractivity contribution >= 4 is 21.8 Å². The van der Waals surface area contributed by atoms with Crippen molar-refractivity contribution in [3.63, 3.8) is 0 Å². The first-order valence-corrected chi connectivity index (χ1v) is 10.1. The van der Waals surface area contributed by atoms with Crippen LogP contribution < -0.4 is 0 Å². The molecule has 9 heteroatoms. The fourth-order valence-corrected chi connectivity index (χ4v) is 3.68. The van der Waals surface area contributed by atoms with Crippen molar-refractivity contribution < 1.29 is 9.21 Å². The van der Waals surface area contributed by atoms with Gasteiger partial charge in [-0.3, -0.25) is 14.4 Å². The number of rotatable bonds is 5. The number of amides is 1. The van der Waals surface area contributed by atoms with E-state index in [0.29, 0.717) is 25.5 Å². The Labute approximate surface area is 171 Å². The molecule has 28 heavy (non-hydrogen) atoms. The maximum Gasteiger partial charge on any atom is 0.274 e. The van der Waals surface area contributed by atoms with E-state index >= 15 is 0 Å². The number of halogens is 1. The van der Waals surface area contributed by atoms with Gasteiger partial charge in [-0.2, -0.15) is 10.2 Å². The van der Waals surface area contributed by atoms with Gasteiger partial charge in [-0.05, 0) is 48.0 Å². The summed E-state index contributed by atoms with van der Waals surface area (Å²) in [4.78, 5) is 17.0. The second kappa shape index (κ2) is 7.92. The molecule has 0 atom stereocenters. The molecular formula is C19H23BrN6O2. The molecule has 4 heterocycles.